The second kappa shape index (κ2) is 17.6. The van der Waals surface area contributed by atoms with E-state index in [4.69, 9.17) is 12.0 Å². The third-order valence-corrected chi connectivity index (χ3v) is 0.167. The fourth-order valence-corrected chi connectivity index (χ4v) is 0. The molecule has 0 aliphatic rings. The third kappa shape index (κ3) is 23.7. The first-order chi connectivity index (χ1) is 2.91. The average Bonchev–Trinajstić information content (AvgIpc) is 1.72. The van der Waals surface area contributed by atoms with Crippen molar-refractivity contribution in [1.29, 1.82) is 0 Å². The minimum absolute atomic E-state index is 0.0556. The molecule has 0 aromatic heterocycles. The van der Waals surface area contributed by atoms with Crippen molar-refractivity contribution in [3.63, 3.8) is 0 Å². The molecule has 0 bridgehead atoms. The predicted molar refractivity (Wildman–Crippen MR) is 22.1 cm³/mol. The van der Waals surface area contributed by atoms with Crippen molar-refractivity contribution in [3.05, 3.63) is 0 Å². The zero-order valence-corrected chi connectivity index (χ0v) is 7.92. The van der Waals surface area contributed by atoms with Crippen LogP contribution in [0.4, 0.5) is 0 Å². The molecule has 0 unspecified atom stereocenters. The van der Waals surface area contributed by atoms with E-state index in [9.17, 15) is 0 Å². The molecule has 0 rings (SSSR count). The monoisotopic (exact) mass is 298 g/mol. The Kier molecular flexibility index (Phi) is 28.7. The molecule has 6 heavy (non-hydrogen) atoms. The summed E-state index contributed by atoms with van der Waals surface area (Å²) in [4.78, 5) is 0. The molecule has 0 aromatic rings. The van der Waals surface area contributed by atoms with Crippen LogP contribution in [-0.2, 0) is 12.0 Å². The summed E-state index contributed by atoms with van der Waals surface area (Å²) in [6, 6.07) is 0. The molecule has 0 saturated carbocycles. The standard InChI is InChI=1S/BHO2Si.Bi.O.H/c2-1-4-3;;;/h4H;;;. The van der Waals surface area contributed by atoms with Crippen molar-refractivity contribution in [1.82, 2.24) is 0 Å². The van der Waals surface area contributed by atoms with Crippen LogP contribution in [0.5, 0.6) is 0 Å². The van der Waals surface area contributed by atoms with Gasteiger partial charge in [0.05, 0.1) is 0 Å². The van der Waals surface area contributed by atoms with Crippen LogP contribution in [0, 0.1) is 0 Å². The van der Waals surface area contributed by atoms with Crippen molar-refractivity contribution >= 4 is 40.7 Å². The molecule has 6 heteroatoms. The molecule has 0 aliphatic heterocycles. The Morgan fingerprint density at radius 2 is 1.67 bits per heavy atom. The van der Waals surface area contributed by atoms with Crippen LogP contribution >= 0.6 is 0 Å². The Morgan fingerprint density at radius 1 is 1.50 bits per heavy atom. The molecule has 0 radical (unpaired) electrons. The third-order valence-electron chi connectivity index (χ3n) is 0.0556. The van der Waals surface area contributed by atoms with Gasteiger partial charge in [-0.15, -0.1) is 0 Å². The van der Waals surface area contributed by atoms with Crippen LogP contribution in [0.2, 0.25) is 0 Å². The maximum atomic E-state index is 9.01. The van der Waals surface area contributed by atoms with E-state index in [2.05, 4.69) is 0 Å². The first-order valence-electron chi connectivity index (χ1n) is 1.01. The topological polar surface area (TPSA) is 51.2 Å². The van der Waals surface area contributed by atoms with Crippen LogP contribution < -0.4 is 0 Å². The van der Waals surface area contributed by atoms with E-state index in [0.717, 1.165) is 0 Å². The fraction of sp³-hybridized carbons (Fsp3) is 0. The quantitative estimate of drug-likeness (QED) is 0.525. The van der Waals surface area contributed by atoms with Crippen molar-refractivity contribution in [2.75, 3.05) is 0 Å². The maximum absolute atomic E-state index is 9.01. The van der Waals surface area contributed by atoms with E-state index in [1.54, 1.807) is 0 Å². The first kappa shape index (κ1) is 9.76. The average molecular weight is 298 g/mol. The van der Waals surface area contributed by atoms with E-state index in [1.807, 2.05) is 0 Å². The van der Waals surface area contributed by atoms with Gasteiger partial charge in [-0.1, -0.05) is 0 Å². The molecule has 0 aliphatic carbocycles. The van der Waals surface area contributed by atoms with Crippen molar-refractivity contribution in [3.8, 4) is 0 Å². The summed E-state index contributed by atoms with van der Waals surface area (Å²) < 4.78 is 26.3. The van der Waals surface area contributed by atoms with Gasteiger partial charge in [0, 0.05) is 0 Å². The minimum atomic E-state index is -1.15. The van der Waals surface area contributed by atoms with Gasteiger partial charge >= 0.3 is 52.7 Å². The van der Waals surface area contributed by atoms with Gasteiger partial charge in [-0.05, 0) is 0 Å². The summed E-state index contributed by atoms with van der Waals surface area (Å²) in [5.74, 6) is 0. The zero-order chi connectivity index (χ0) is 5.41. The zero-order valence-electron chi connectivity index (χ0n) is 2.88. The van der Waals surface area contributed by atoms with Gasteiger partial charge in [-0.3, -0.25) is 0 Å². The van der Waals surface area contributed by atoms with Gasteiger partial charge in [0.1, 0.15) is 0 Å². The van der Waals surface area contributed by atoms with Gasteiger partial charge in [0.15, 0.2) is 0 Å². The van der Waals surface area contributed by atoms with E-state index in [0.29, 0.717) is 6.74 Å². The van der Waals surface area contributed by atoms with Crippen LogP contribution in [0.1, 0.15) is 0 Å². The second-order valence-electron chi connectivity index (χ2n) is 0.272. The first-order valence-corrected chi connectivity index (χ1v) is 3.73. The fourth-order valence-electron chi connectivity index (χ4n) is 0. The summed E-state index contributed by atoms with van der Waals surface area (Å²) in [5, 5.41) is 0. The summed E-state index contributed by atoms with van der Waals surface area (Å²) in [6.45, 7) is 0.403. The molecule has 0 amide bonds. The number of hydrogen-bond acceptors (Lipinski definition) is 3. The number of rotatable bonds is 1. The van der Waals surface area contributed by atoms with Gasteiger partial charge in [0.2, 0.25) is 0 Å². The molecule has 3 nitrogen and oxygen atoms in total. The molecule has 0 fully saturated rings. The van der Waals surface area contributed by atoms with Gasteiger partial charge in [-0.2, -0.15) is 0 Å². The SMILES string of the molecule is O=B[SiH]=O.[O]=[BiH]. The van der Waals surface area contributed by atoms with Gasteiger partial charge in [0.25, 0.3) is 0 Å². The Hall–Kier alpha value is 0.565. The van der Waals surface area contributed by atoms with Crippen molar-refractivity contribution in [2.45, 2.75) is 0 Å². The van der Waals surface area contributed by atoms with Gasteiger partial charge in [-0.25, -0.2) is 0 Å². The van der Waals surface area contributed by atoms with Crippen LogP contribution in [0.25, 0.3) is 0 Å². The van der Waals surface area contributed by atoms with E-state index in [1.165, 1.54) is 0 Å². The molecular weight excluding hydrogens is 296 g/mol. The van der Waals surface area contributed by atoms with Gasteiger partial charge < -0.3 is 0 Å². The second-order valence-corrected chi connectivity index (χ2v) is 0.816. The van der Waals surface area contributed by atoms with Crippen LogP contribution in [0.3, 0.4) is 0 Å². The predicted octanol–water partition coefficient (Wildman–Crippen LogP) is -2.03. The van der Waals surface area contributed by atoms with E-state index < -0.39 is 9.28 Å². The Balaban J connectivity index is 0. The molecular formula is H2BBiO3Si. The summed E-state index contributed by atoms with van der Waals surface area (Å²) >= 11 is 0.0556. The molecule has 0 atom stereocenters. The molecule has 0 spiro atoms. The van der Waals surface area contributed by atoms with Crippen molar-refractivity contribution < 1.29 is 12.0 Å². The van der Waals surface area contributed by atoms with Crippen molar-refractivity contribution in [2.24, 2.45) is 0 Å². The molecule has 32 valence electrons. The molecule has 0 N–H and O–H groups in total. The summed E-state index contributed by atoms with van der Waals surface area (Å²) in [6.07, 6.45) is 0. The van der Waals surface area contributed by atoms with Crippen LogP contribution in [-0.4, -0.2) is 40.7 Å². The summed E-state index contributed by atoms with van der Waals surface area (Å²) in [7, 11) is -1.15. The van der Waals surface area contributed by atoms with E-state index in [-0.39, 0.29) is 24.7 Å². The van der Waals surface area contributed by atoms with Crippen LogP contribution in [0.15, 0.2) is 0 Å². The normalized spacial score (nSPS) is 3.33. The molecule has 0 heterocycles. The Morgan fingerprint density at radius 3 is 1.67 bits per heavy atom. The summed E-state index contributed by atoms with van der Waals surface area (Å²) in [5.41, 5.74) is 0. The molecule has 0 aromatic carbocycles. The Labute approximate surface area is 52.9 Å². The Bertz CT molecular complexity index is 40.1. The molecule has 0 saturated heterocycles. The van der Waals surface area contributed by atoms with E-state index >= 15 is 0 Å². The number of hydrogen-bond donors (Lipinski definition) is 0.